The van der Waals surface area contributed by atoms with Gasteiger partial charge in [0.15, 0.2) is 12.2 Å². The van der Waals surface area contributed by atoms with Crippen molar-refractivity contribution in [2.24, 2.45) is 0 Å². The average Bonchev–Trinajstić information content (AvgIpc) is 2.63. The second-order valence-corrected chi connectivity index (χ2v) is 6.27. The van der Waals surface area contributed by atoms with Crippen LogP contribution >= 0.6 is 0 Å². The lowest BCUT2D eigenvalue weighted by atomic mass is 9.97. The fourth-order valence-electron chi connectivity index (χ4n) is 2.84. The summed E-state index contributed by atoms with van der Waals surface area (Å²) >= 11 is 0. The molecule has 4 atom stereocenters. The highest BCUT2D eigenvalue weighted by Gasteiger charge is 2.46. The minimum absolute atomic E-state index is 0.0276. The van der Waals surface area contributed by atoms with E-state index in [1.807, 2.05) is 0 Å². The first kappa shape index (κ1) is 21.4. The average molecular weight is 393 g/mol. The fraction of sp³-hybridized carbons (Fsp3) is 0.474. The highest BCUT2D eigenvalue weighted by Crippen LogP contribution is 2.23. The number of hydrogen-bond donors (Lipinski definition) is 1. The van der Waals surface area contributed by atoms with Crippen molar-refractivity contribution >= 4 is 23.8 Å². The molecule has 152 valence electrons. The lowest BCUT2D eigenvalue weighted by Crippen LogP contribution is -2.62. The van der Waals surface area contributed by atoms with Gasteiger partial charge in [0.2, 0.25) is 0 Å². The van der Waals surface area contributed by atoms with E-state index < -0.39 is 48.2 Å². The molecule has 1 aromatic carbocycles. The molecular formula is C19H23NO8. The number of hydrogen-bond acceptors (Lipinski definition) is 8. The van der Waals surface area contributed by atoms with Crippen molar-refractivity contribution in [3.63, 3.8) is 0 Å². The standard InChI is InChI=1S/C19H23NO8/c1-11(21)25-10-16-18(28-13(3)23)17(27-12(2)22)15(9-26-16)20-19(24)14-7-5-4-6-8-14/h4-8,15-18H,9-10H2,1-3H3,(H,20,24)/t15-,16?,17?,18?/m1/s1. The van der Waals surface area contributed by atoms with Crippen LogP contribution in [-0.4, -0.2) is 61.4 Å². The largest absolute Gasteiger partial charge is 0.463 e. The van der Waals surface area contributed by atoms with Gasteiger partial charge in [-0.25, -0.2) is 0 Å². The van der Waals surface area contributed by atoms with Gasteiger partial charge < -0.3 is 24.3 Å². The summed E-state index contributed by atoms with van der Waals surface area (Å²) in [4.78, 5) is 46.8. The van der Waals surface area contributed by atoms with Gasteiger partial charge in [-0.05, 0) is 12.1 Å². The molecule has 0 aliphatic carbocycles. The Morgan fingerprint density at radius 3 is 2.14 bits per heavy atom. The maximum Gasteiger partial charge on any atom is 0.303 e. The molecule has 2 rings (SSSR count). The molecule has 1 N–H and O–H groups in total. The van der Waals surface area contributed by atoms with E-state index in [4.69, 9.17) is 18.9 Å². The highest BCUT2D eigenvalue weighted by molar-refractivity contribution is 5.94. The summed E-state index contributed by atoms with van der Waals surface area (Å²) in [7, 11) is 0. The molecule has 3 unspecified atom stereocenters. The van der Waals surface area contributed by atoms with Crippen LogP contribution in [0.25, 0.3) is 0 Å². The Balaban J connectivity index is 2.22. The Kier molecular flexibility index (Phi) is 7.51. The molecule has 9 nitrogen and oxygen atoms in total. The third-order valence-corrected chi connectivity index (χ3v) is 3.98. The Morgan fingerprint density at radius 2 is 1.57 bits per heavy atom. The van der Waals surface area contributed by atoms with Crippen LogP contribution in [0.15, 0.2) is 30.3 Å². The van der Waals surface area contributed by atoms with Crippen LogP contribution in [-0.2, 0) is 33.3 Å². The van der Waals surface area contributed by atoms with Crippen LogP contribution in [0.1, 0.15) is 31.1 Å². The zero-order chi connectivity index (χ0) is 20.7. The SMILES string of the molecule is CC(=O)OCC1OC[C@@H](NC(=O)c2ccccc2)C(OC(C)=O)C1OC(C)=O. The van der Waals surface area contributed by atoms with Crippen molar-refractivity contribution < 1.29 is 38.1 Å². The normalized spacial score (nSPS) is 24.0. The maximum atomic E-state index is 12.5. The van der Waals surface area contributed by atoms with E-state index in [1.54, 1.807) is 30.3 Å². The monoisotopic (exact) mass is 393 g/mol. The van der Waals surface area contributed by atoms with Gasteiger partial charge in [0.25, 0.3) is 5.91 Å². The van der Waals surface area contributed by atoms with E-state index in [9.17, 15) is 19.2 Å². The number of nitrogens with one attached hydrogen (secondary N) is 1. The summed E-state index contributed by atoms with van der Waals surface area (Å²) in [5.41, 5.74) is 0.412. The molecular weight excluding hydrogens is 370 g/mol. The van der Waals surface area contributed by atoms with Gasteiger partial charge in [0, 0.05) is 26.3 Å². The van der Waals surface area contributed by atoms with Crippen molar-refractivity contribution in [3.8, 4) is 0 Å². The van der Waals surface area contributed by atoms with Crippen LogP contribution in [0.4, 0.5) is 0 Å². The number of rotatable bonds is 6. The smallest absolute Gasteiger partial charge is 0.303 e. The fourth-order valence-corrected chi connectivity index (χ4v) is 2.84. The first-order valence-corrected chi connectivity index (χ1v) is 8.73. The van der Waals surface area contributed by atoms with Crippen LogP contribution in [0.3, 0.4) is 0 Å². The van der Waals surface area contributed by atoms with Crippen LogP contribution in [0, 0.1) is 0 Å². The second-order valence-electron chi connectivity index (χ2n) is 6.27. The van der Waals surface area contributed by atoms with Gasteiger partial charge in [0.05, 0.1) is 12.6 Å². The molecule has 0 radical (unpaired) electrons. The number of ether oxygens (including phenoxy) is 4. The van der Waals surface area contributed by atoms with Crippen molar-refractivity contribution in [1.29, 1.82) is 0 Å². The summed E-state index contributed by atoms with van der Waals surface area (Å²) in [5.74, 6) is -2.18. The van der Waals surface area contributed by atoms with Gasteiger partial charge in [-0.15, -0.1) is 0 Å². The van der Waals surface area contributed by atoms with E-state index in [0.717, 1.165) is 0 Å². The number of carbonyl (C=O) groups excluding carboxylic acids is 4. The Labute approximate surface area is 162 Å². The molecule has 1 aliphatic heterocycles. The molecule has 1 fully saturated rings. The molecule has 1 amide bonds. The van der Waals surface area contributed by atoms with E-state index in [0.29, 0.717) is 5.56 Å². The van der Waals surface area contributed by atoms with E-state index in [1.165, 1.54) is 20.8 Å². The molecule has 1 aliphatic rings. The molecule has 1 aromatic rings. The predicted octanol–water partition coefficient (Wildman–Crippen LogP) is 0.610. The zero-order valence-corrected chi connectivity index (χ0v) is 15.9. The molecule has 0 spiro atoms. The zero-order valence-electron chi connectivity index (χ0n) is 15.9. The molecule has 9 heteroatoms. The third-order valence-electron chi connectivity index (χ3n) is 3.98. The van der Waals surface area contributed by atoms with Crippen molar-refractivity contribution in [2.75, 3.05) is 13.2 Å². The van der Waals surface area contributed by atoms with Gasteiger partial charge in [0.1, 0.15) is 12.7 Å². The number of esters is 3. The quantitative estimate of drug-likeness (QED) is 0.552. The number of amides is 1. The third kappa shape index (κ3) is 6.05. The van der Waals surface area contributed by atoms with E-state index in [-0.39, 0.29) is 13.2 Å². The lowest BCUT2D eigenvalue weighted by Gasteiger charge is -2.41. The van der Waals surface area contributed by atoms with E-state index in [2.05, 4.69) is 5.32 Å². The minimum Gasteiger partial charge on any atom is -0.463 e. The van der Waals surface area contributed by atoms with Gasteiger partial charge in [-0.3, -0.25) is 19.2 Å². The first-order valence-electron chi connectivity index (χ1n) is 8.73. The molecule has 28 heavy (non-hydrogen) atoms. The van der Waals surface area contributed by atoms with Gasteiger partial charge in [-0.2, -0.15) is 0 Å². The summed E-state index contributed by atoms with van der Waals surface area (Å²) in [5, 5.41) is 2.74. The topological polar surface area (TPSA) is 117 Å². The highest BCUT2D eigenvalue weighted by atomic mass is 16.6. The van der Waals surface area contributed by atoms with Crippen molar-refractivity contribution in [1.82, 2.24) is 5.32 Å². The summed E-state index contributed by atoms with van der Waals surface area (Å²) < 4.78 is 21.2. The molecule has 0 bridgehead atoms. The molecule has 1 heterocycles. The van der Waals surface area contributed by atoms with E-state index >= 15 is 0 Å². The lowest BCUT2D eigenvalue weighted by molar-refractivity contribution is -0.206. The predicted molar refractivity (Wildman–Crippen MR) is 95.2 cm³/mol. The Morgan fingerprint density at radius 1 is 0.964 bits per heavy atom. The Hall–Kier alpha value is -2.94. The minimum atomic E-state index is -1.06. The van der Waals surface area contributed by atoms with Crippen LogP contribution in [0.2, 0.25) is 0 Å². The summed E-state index contributed by atoms with van der Waals surface area (Å²) in [6, 6.07) is 7.70. The van der Waals surface area contributed by atoms with Crippen molar-refractivity contribution in [2.45, 2.75) is 45.1 Å². The summed E-state index contributed by atoms with van der Waals surface area (Å²) in [6.45, 7) is 3.41. The maximum absolute atomic E-state index is 12.5. The molecule has 0 saturated carbocycles. The van der Waals surface area contributed by atoms with Gasteiger partial charge >= 0.3 is 17.9 Å². The first-order chi connectivity index (χ1) is 13.3. The van der Waals surface area contributed by atoms with Crippen LogP contribution in [0.5, 0.6) is 0 Å². The number of carbonyl (C=O) groups is 4. The second kappa shape index (κ2) is 9.84. The summed E-state index contributed by atoms with van der Waals surface area (Å²) in [6.07, 6.45) is -2.92. The number of benzene rings is 1. The Bertz CT molecular complexity index is 720. The van der Waals surface area contributed by atoms with Crippen molar-refractivity contribution in [3.05, 3.63) is 35.9 Å². The molecule has 0 aromatic heterocycles. The van der Waals surface area contributed by atoms with Gasteiger partial charge in [-0.1, -0.05) is 18.2 Å². The molecule has 1 saturated heterocycles. The van der Waals surface area contributed by atoms with Crippen LogP contribution < -0.4 is 5.32 Å².